The van der Waals surface area contributed by atoms with Gasteiger partial charge in [0.05, 0.1) is 25.9 Å². The van der Waals surface area contributed by atoms with E-state index in [0.717, 1.165) is 0 Å². The molecule has 5 atom stereocenters. The maximum Gasteiger partial charge on any atom is 0.372 e. The molecule has 0 spiro atoms. The first-order valence-electron chi connectivity index (χ1n) is 7.52. The molecule has 0 saturated carbocycles. The van der Waals surface area contributed by atoms with Crippen LogP contribution in [0.15, 0.2) is 16.9 Å². The Balaban J connectivity index is 3.05. The van der Waals surface area contributed by atoms with Crippen LogP contribution in [0.5, 0.6) is 0 Å². The van der Waals surface area contributed by atoms with Gasteiger partial charge in [-0.2, -0.15) is 0 Å². The highest BCUT2D eigenvalue weighted by Gasteiger charge is 2.41. The average Bonchev–Trinajstić information content (AvgIpc) is 2.56. The Kier molecular flexibility index (Phi) is 7.54. The highest BCUT2D eigenvalue weighted by atomic mass is 16.6. The molecule has 9 heteroatoms. The van der Waals surface area contributed by atoms with Crippen molar-refractivity contribution in [2.24, 2.45) is 17.0 Å². The van der Waals surface area contributed by atoms with Gasteiger partial charge in [0.15, 0.2) is 0 Å². The van der Waals surface area contributed by atoms with E-state index >= 15 is 0 Å². The van der Waals surface area contributed by atoms with E-state index in [1.165, 1.54) is 27.2 Å². The molecule has 0 bridgehead atoms. The standard InChI is InChI=1S/C15H23N3O6/c1-8(7-23-10(3)19)13(21-4)14-9(2)11(17-18-16)6-12(24-14)15(20)22-5/h6,8-9,11,13-14H,7H2,1-5H3/t8-,9-,11+,13-,14-/m1/s1. The molecule has 0 unspecified atom stereocenters. The number of azide groups is 1. The van der Waals surface area contributed by atoms with Gasteiger partial charge >= 0.3 is 11.9 Å². The fourth-order valence-corrected chi connectivity index (χ4v) is 2.61. The first kappa shape index (κ1) is 19.8. The Bertz CT molecular complexity index is 543. The van der Waals surface area contributed by atoms with Crippen molar-refractivity contribution < 1.29 is 28.5 Å². The maximum absolute atomic E-state index is 11.8. The zero-order valence-electron chi connectivity index (χ0n) is 14.5. The van der Waals surface area contributed by atoms with E-state index < -0.39 is 30.2 Å². The minimum atomic E-state index is -0.660. The van der Waals surface area contributed by atoms with E-state index in [1.54, 1.807) is 0 Å². The number of hydrogen-bond acceptors (Lipinski definition) is 7. The van der Waals surface area contributed by atoms with Crippen LogP contribution in [0.3, 0.4) is 0 Å². The van der Waals surface area contributed by atoms with Crippen LogP contribution in [0.4, 0.5) is 0 Å². The third-order valence-electron chi connectivity index (χ3n) is 3.92. The molecule has 134 valence electrons. The molecule has 1 rings (SSSR count). The lowest BCUT2D eigenvalue weighted by molar-refractivity contribution is -0.151. The van der Waals surface area contributed by atoms with Crippen molar-refractivity contribution in [2.45, 2.75) is 39.0 Å². The van der Waals surface area contributed by atoms with E-state index in [1.807, 2.05) is 13.8 Å². The summed E-state index contributed by atoms with van der Waals surface area (Å²) < 4.78 is 21.0. The summed E-state index contributed by atoms with van der Waals surface area (Å²) in [5.41, 5.74) is 8.74. The molecule has 0 saturated heterocycles. The molecule has 0 aliphatic carbocycles. The van der Waals surface area contributed by atoms with Crippen molar-refractivity contribution in [3.05, 3.63) is 22.3 Å². The van der Waals surface area contributed by atoms with Crippen molar-refractivity contribution in [2.75, 3.05) is 20.8 Å². The highest BCUT2D eigenvalue weighted by molar-refractivity contribution is 5.86. The molecule has 0 aromatic rings. The summed E-state index contributed by atoms with van der Waals surface area (Å²) in [6.07, 6.45) is 0.384. The Hall–Kier alpha value is -2.25. The van der Waals surface area contributed by atoms with E-state index in [4.69, 9.17) is 19.7 Å². The quantitative estimate of drug-likeness (QED) is 0.302. The van der Waals surface area contributed by atoms with Gasteiger partial charge in [-0.05, 0) is 11.6 Å². The molecule has 0 fully saturated rings. The van der Waals surface area contributed by atoms with E-state index in [9.17, 15) is 9.59 Å². The Labute approximate surface area is 140 Å². The van der Waals surface area contributed by atoms with Crippen LogP contribution in [-0.4, -0.2) is 51.0 Å². The summed E-state index contributed by atoms with van der Waals surface area (Å²) in [4.78, 5) is 25.6. The largest absolute Gasteiger partial charge is 0.480 e. The molecule has 0 aromatic heterocycles. The normalized spacial score (nSPS) is 25.4. The van der Waals surface area contributed by atoms with Gasteiger partial charge in [0.2, 0.25) is 5.76 Å². The smallest absolute Gasteiger partial charge is 0.372 e. The van der Waals surface area contributed by atoms with Crippen molar-refractivity contribution >= 4 is 11.9 Å². The van der Waals surface area contributed by atoms with E-state index in [0.29, 0.717) is 0 Å². The van der Waals surface area contributed by atoms with E-state index in [-0.39, 0.29) is 24.2 Å². The molecule has 1 heterocycles. The molecule has 24 heavy (non-hydrogen) atoms. The van der Waals surface area contributed by atoms with Gasteiger partial charge < -0.3 is 18.9 Å². The first-order chi connectivity index (χ1) is 11.3. The van der Waals surface area contributed by atoms with Gasteiger partial charge in [0, 0.05) is 30.8 Å². The number of ether oxygens (including phenoxy) is 4. The van der Waals surface area contributed by atoms with Gasteiger partial charge in [0.25, 0.3) is 0 Å². The van der Waals surface area contributed by atoms with Crippen LogP contribution < -0.4 is 0 Å². The first-order valence-corrected chi connectivity index (χ1v) is 7.52. The lowest BCUT2D eigenvalue weighted by atomic mass is 9.85. The Morgan fingerprint density at radius 3 is 2.62 bits per heavy atom. The maximum atomic E-state index is 11.8. The van der Waals surface area contributed by atoms with Crippen molar-refractivity contribution in [1.29, 1.82) is 0 Å². The number of nitrogens with zero attached hydrogens (tertiary/aromatic N) is 3. The van der Waals surface area contributed by atoms with Gasteiger partial charge in [-0.1, -0.05) is 19.0 Å². The summed E-state index contributed by atoms with van der Waals surface area (Å²) >= 11 is 0. The summed E-state index contributed by atoms with van der Waals surface area (Å²) in [6, 6.07) is -0.582. The molecule has 9 nitrogen and oxygen atoms in total. The van der Waals surface area contributed by atoms with Crippen molar-refractivity contribution in [3.8, 4) is 0 Å². The number of carbonyl (C=O) groups excluding carboxylic acids is 2. The van der Waals surface area contributed by atoms with Crippen molar-refractivity contribution in [1.82, 2.24) is 0 Å². The Morgan fingerprint density at radius 2 is 2.12 bits per heavy atom. The molecule has 0 radical (unpaired) electrons. The SMILES string of the molecule is COC(=O)C1=C[C@H](N=[N+]=[N-])[C@@H](C)[C@H]([C@H](OC)[C@H](C)COC(C)=O)O1. The van der Waals surface area contributed by atoms with Gasteiger partial charge in [-0.25, -0.2) is 4.79 Å². The molecular weight excluding hydrogens is 318 g/mol. The number of methoxy groups -OCH3 is 2. The second-order valence-corrected chi connectivity index (χ2v) is 5.64. The summed E-state index contributed by atoms with van der Waals surface area (Å²) in [6.45, 7) is 5.14. The number of hydrogen-bond donors (Lipinski definition) is 0. The minimum Gasteiger partial charge on any atom is -0.480 e. The van der Waals surface area contributed by atoms with E-state index in [2.05, 4.69) is 14.8 Å². The highest BCUT2D eigenvalue weighted by Crippen LogP contribution is 2.32. The third kappa shape index (κ3) is 4.87. The number of carbonyl (C=O) groups is 2. The zero-order chi connectivity index (χ0) is 18.3. The molecular formula is C15H23N3O6. The molecule has 0 N–H and O–H groups in total. The zero-order valence-corrected chi connectivity index (χ0v) is 14.5. The topological polar surface area (TPSA) is 120 Å². The van der Waals surface area contributed by atoms with Crippen LogP contribution in [0.25, 0.3) is 10.4 Å². The van der Waals surface area contributed by atoms with Crippen molar-refractivity contribution in [3.63, 3.8) is 0 Å². The van der Waals surface area contributed by atoms with Gasteiger partial charge in [-0.15, -0.1) is 0 Å². The summed E-state index contributed by atoms with van der Waals surface area (Å²) in [7, 11) is 2.74. The number of esters is 2. The number of rotatable bonds is 7. The summed E-state index contributed by atoms with van der Waals surface area (Å²) in [5.74, 6) is -1.53. The molecule has 0 amide bonds. The predicted molar refractivity (Wildman–Crippen MR) is 83.7 cm³/mol. The second-order valence-electron chi connectivity index (χ2n) is 5.64. The Morgan fingerprint density at radius 1 is 1.46 bits per heavy atom. The lowest BCUT2D eigenvalue weighted by Crippen LogP contribution is -2.47. The molecule has 1 aliphatic heterocycles. The fourth-order valence-electron chi connectivity index (χ4n) is 2.61. The average molecular weight is 341 g/mol. The van der Waals surface area contributed by atoms with Gasteiger partial charge in [-0.3, -0.25) is 4.79 Å². The lowest BCUT2D eigenvalue weighted by Gasteiger charge is -2.39. The van der Waals surface area contributed by atoms with Crippen LogP contribution >= 0.6 is 0 Å². The van der Waals surface area contributed by atoms with Crippen LogP contribution in [0.2, 0.25) is 0 Å². The third-order valence-corrected chi connectivity index (χ3v) is 3.92. The van der Waals surface area contributed by atoms with Crippen LogP contribution in [0, 0.1) is 11.8 Å². The predicted octanol–water partition coefficient (Wildman–Crippen LogP) is 1.97. The molecule has 1 aliphatic rings. The fraction of sp³-hybridized carbons (Fsp3) is 0.733. The second kappa shape index (κ2) is 9.14. The van der Waals surface area contributed by atoms with Crippen LogP contribution in [-0.2, 0) is 28.5 Å². The summed E-state index contributed by atoms with van der Waals surface area (Å²) in [5, 5.41) is 3.71. The minimum absolute atomic E-state index is 0.0280. The molecule has 0 aromatic carbocycles. The van der Waals surface area contributed by atoms with Gasteiger partial charge in [0.1, 0.15) is 6.10 Å². The monoisotopic (exact) mass is 341 g/mol. The van der Waals surface area contributed by atoms with Crippen LogP contribution in [0.1, 0.15) is 20.8 Å².